The van der Waals surface area contributed by atoms with Gasteiger partial charge in [-0.2, -0.15) is 5.26 Å². The lowest BCUT2D eigenvalue weighted by molar-refractivity contribution is -0.133. The minimum atomic E-state index is -0.391. The van der Waals surface area contributed by atoms with Crippen LogP contribution in [0.2, 0.25) is 0 Å². The fraction of sp³-hybridized carbons (Fsp3) is 0.533. The zero-order valence-corrected chi connectivity index (χ0v) is 13.7. The van der Waals surface area contributed by atoms with Gasteiger partial charge in [0.2, 0.25) is 0 Å². The van der Waals surface area contributed by atoms with Crippen LogP contribution in [0, 0.1) is 17.1 Å². The topological polar surface area (TPSA) is 36.3 Å². The molecule has 0 aromatic heterocycles. The summed E-state index contributed by atoms with van der Waals surface area (Å²) >= 11 is 3.16. The van der Waals surface area contributed by atoms with Gasteiger partial charge in [-0.3, -0.25) is 0 Å². The quantitative estimate of drug-likeness (QED) is 0.778. The number of nitriles is 1. The first-order valence-electron chi connectivity index (χ1n) is 6.48. The first-order chi connectivity index (χ1) is 9.15. The predicted octanol–water partition coefficient (Wildman–Crippen LogP) is 3.85. The van der Waals surface area contributed by atoms with Crippen molar-refractivity contribution in [1.82, 2.24) is 0 Å². The smallest absolute Gasteiger partial charge is 0.161 e. The van der Waals surface area contributed by atoms with Gasteiger partial charge in [0.1, 0.15) is 6.07 Å². The van der Waals surface area contributed by atoms with Crippen molar-refractivity contribution in [2.45, 2.75) is 38.9 Å². The van der Waals surface area contributed by atoms with Crippen LogP contribution in [0.1, 0.15) is 33.3 Å². The van der Waals surface area contributed by atoms with Gasteiger partial charge in [0, 0.05) is 13.1 Å². The zero-order valence-electron chi connectivity index (χ0n) is 12.1. The standard InChI is InChI=1S/C15H18BrFN2O/c1-14(2)8-19(9-15(3,4)20-14)11-6-5-10(7-18)12(16)13(11)17/h5-6H,8-9H2,1-4H3. The summed E-state index contributed by atoms with van der Waals surface area (Å²) in [5.41, 5.74) is 0.0988. The van der Waals surface area contributed by atoms with Crippen molar-refractivity contribution in [3.05, 3.63) is 28.0 Å². The molecule has 1 saturated heterocycles. The Bertz CT molecular complexity index is 562. The van der Waals surface area contributed by atoms with E-state index in [9.17, 15) is 4.39 Å². The van der Waals surface area contributed by atoms with E-state index < -0.39 is 5.82 Å². The maximum absolute atomic E-state index is 14.5. The van der Waals surface area contributed by atoms with E-state index in [-0.39, 0.29) is 15.7 Å². The third kappa shape index (κ3) is 2.97. The minimum absolute atomic E-state index is 0.222. The van der Waals surface area contributed by atoms with Crippen LogP contribution in [-0.2, 0) is 4.74 Å². The lowest BCUT2D eigenvalue weighted by atomic mass is 9.98. The molecular formula is C15H18BrFN2O. The van der Waals surface area contributed by atoms with Crippen molar-refractivity contribution in [3.63, 3.8) is 0 Å². The molecule has 0 bridgehead atoms. The Hall–Kier alpha value is -1.12. The summed E-state index contributed by atoms with van der Waals surface area (Å²) in [5.74, 6) is -0.391. The SMILES string of the molecule is CC1(C)CN(c2ccc(C#N)c(Br)c2F)CC(C)(C)O1. The largest absolute Gasteiger partial charge is 0.366 e. The summed E-state index contributed by atoms with van der Waals surface area (Å²) in [6, 6.07) is 5.27. The molecule has 1 heterocycles. The fourth-order valence-corrected chi connectivity index (χ4v) is 3.25. The molecule has 0 spiro atoms. The molecule has 1 aliphatic rings. The van der Waals surface area contributed by atoms with Crippen molar-refractivity contribution in [3.8, 4) is 6.07 Å². The fourth-order valence-electron chi connectivity index (χ4n) is 2.83. The Labute approximate surface area is 127 Å². The molecule has 1 aromatic carbocycles. The van der Waals surface area contributed by atoms with Gasteiger partial charge in [-0.15, -0.1) is 0 Å². The average Bonchev–Trinajstić information content (AvgIpc) is 2.28. The second kappa shape index (κ2) is 5.01. The van der Waals surface area contributed by atoms with Crippen molar-refractivity contribution in [1.29, 1.82) is 5.26 Å². The number of nitrogens with zero attached hydrogens (tertiary/aromatic N) is 2. The second-order valence-electron chi connectivity index (χ2n) is 6.35. The van der Waals surface area contributed by atoms with Crippen molar-refractivity contribution in [2.75, 3.05) is 18.0 Å². The lowest BCUT2D eigenvalue weighted by Gasteiger charge is -2.48. The van der Waals surface area contributed by atoms with Gasteiger partial charge < -0.3 is 9.64 Å². The molecule has 20 heavy (non-hydrogen) atoms. The van der Waals surface area contributed by atoms with Crippen LogP contribution in [0.15, 0.2) is 16.6 Å². The Morgan fingerprint density at radius 3 is 2.30 bits per heavy atom. The van der Waals surface area contributed by atoms with Gasteiger partial charge in [0.15, 0.2) is 5.82 Å². The van der Waals surface area contributed by atoms with Gasteiger partial charge >= 0.3 is 0 Å². The van der Waals surface area contributed by atoms with Crippen LogP contribution in [0.4, 0.5) is 10.1 Å². The molecule has 0 saturated carbocycles. The Kier molecular flexibility index (Phi) is 3.83. The number of hydrogen-bond donors (Lipinski definition) is 0. The molecule has 0 unspecified atom stereocenters. The van der Waals surface area contributed by atoms with Crippen LogP contribution in [0.5, 0.6) is 0 Å². The molecule has 0 aliphatic carbocycles. The highest BCUT2D eigenvalue weighted by Crippen LogP contribution is 2.35. The van der Waals surface area contributed by atoms with E-state index in [4.69, 9.17) is 10.00 Å². The summed E-state index contributed by atoms with van der Waals surface area (Å²) in [5, 5.41) is 8.93. The van der Waals surface area contributed by atoms with Gasteiger partial charge in [-0.1, -0.05) is 0 Å². The van der Waals surface area contributed by atoms with E-state index >= 15 is 0 Å². The first kappa shape index (κ1) is 15.3. The van der Waals surface area contributed by atoms with E-state index in [0.29, 0.717) is 24.3 Å². The number of morpholine rings is 1. The molecule has 5 heteroatoms. The van der Waals surface area contributed by atoms with Crippen LogP contribution in [0.3, 0.4) is 0 Å². The lowest BCUT2D eigenvalue weighted by Crippen LogP contribution is -2.57. The molecule has 1 aliphatic heterocycles. The van der Waals surface area contributed by atoms with Crippen LogP contribution in [0.25, 0.3) is 0 Å². The van der Waals surface area contributed by atoms with E-state index in [2.05, 4.69) is 15.9 Å². The van der Waals surface area contributed by atoms with E-state index in [1.807, 2.05) is 38.7 Å². The maximum Gasteiger partial charge on any atom is 0.161 e. The number of rotatable bonds is 1. The number of halogens is 2. The molecule has 0 radical (unpaired) electrons. The van der Waals surface area contributed by atoms with Crippen molar-refractivity contribution < 1.29 is 9.13 Å². The minimum Gasteiger partial charge on any atom is -0.366 e. The number of anilines is 1. The first-order valence-corrected chi connectivity index (χ1v) is 7.28. The van der Waals surface area contributed by atoms with Crippen LogP contribution >= 0.6 is 15.9 Å². The number of hydrogen-bond acceptors (Lipinski definition) is 3. The Morgan fingerprint density at radius 2 is 1.80 bits per heavy atom. The van der Waals surface area contributed by atoms with Crippen LogP contribution in [-0.4, -0.2) is 24.3 Å². The molecule has 2 rings (SSSR count). The third-order valence-corrected chi connectivity index (χ3v) is 3.99. The number of benzene rings is 1. The van der Waals surface area contributed by atoms with Gasteiger partial charge in [0.25, 0.3) is 0 Å². The van der Waals surface area contributed by atoms with E-state index in [1.54, 1.807) is 12.1 Å². The predicted molar refractivity (Wildman–Crippen MR) is 80.3 cm³/mol. The van der Waals surface area contributed by atoms with Gasteiger partial charge in [-0.05, 0) is 55.8 Å². The normalized spacial score (nSPS) is 20.6. The molecule has 1 aromatic rings. The molecule has 0 N–H and O–H groups in total. The molecule has 3 nitrogen and oxygen atoms in total. The average molecular weight is 341 g/mol. The molecule has 0 atom stereocenters. The Morgan fingerprint density at radius 1 is 1.25 bits per heavy atom. The molecule has 108 valence electrons. The highest BCUT2D eigenvalue weighted by Gasteiger charge is 2.39. The van der Waals surface area contributed by atoms with E-state index in [1.165, 1.54) is 0 Å². The second-order valence-corrected chi connectivity index (χ2v) is 7.14. The third-order valence-electron chi connectivity index (χ3n) is 3.22. The number of ether oxygens (including phenoxy) is 1. The summed E-state index contributed by atoms with van der Waals surface area (Å²) in [7, 11) is 0. The Balaban J connectivity index is 2.42. The summed E-state index contributed by atoms with van der Waals surface area (Å²) in [6.45, 7) is 9.20. The molecule has 0 amide bonds. The summed E-state index contributed by atoms with van der Waals surface area (Å²) in [4.78, 5) is 1.98. The highest BCUT2D eigenvalue weighted by molar-refractivity contribution is 9.10. The van der Waals surface area contributed by atoms with Crippen molar-refractivity contribution >= 4 is 21.6 Å². The summed E-state index contributed by atoms with van der Waals surface area (Å²) < 4.78 is 20.7. The molecular weight excluding hydrogens is 323 g/mol. The maximum atomic E-state index is 14.5. The van der Waals surface area contributed by atoms with Crippen LogP contribution < -0.4 is 4.90 Å². The molecule has 1 fully saturated rings. The van der Waals surface area contributed by atoms with Gasteiger partial charge in [-0.25, -0.2) is 4.39 Å². The van der Waals surface area contributed by atoms with Gasteiger partial charge in [0.05, 0.1) is 26.9 Å². The van der Waals surface area contributed by atoms with Crippen molar-refractivity contribution in [2.24, 2.45) is 0 Å². The highest BCUT2D eigenvalue weighted by atomic mass is 79.9. The monoisotopic (exact) mass is 340 g/mol. The summed E-state index contributed by atoms with van der Waals surface area (Å²) in [6.07, 6.45) is 0. The zero-order chi connectivity index (χ0) is 15.1. The van der Waals surface area contributed by atoms with E-state index in [0.717, 1.165) is 0 Å².